The summed E-state index contributed by atoms with van der Waals surface area (Å²) in [6.45, 7) is 0. The van der Waals surface area contributed by atoms with Crippen molar-refractivity contribution in [1.29, 1.82) is 0 Å². The van der Waals surface area contributed by atoms with Crippen molar-refractivity contribution in [3.63, 3.8) is 0 Å². The van der Waals surface area contributed by atoms with Crippen molar-refractivity contribution in [3.8, 4) is 0 Å². The first-order valence-electron chi connectivity index (χ1n) is 5.65. The number of hydrogen-bond acceptors (Lipinski definition) is 5. The van der Waals surface area contributed by atoms with Crippen LogP contribution >= 0.6 is 0 Å². The standard InChI is InChI=1S/C12H15N3O5/c1-20-12(19)15-8-4-2-3-7(5-8)14-11(18)9(13)6-10(16)17/h2-5,9H,6,13H2,1H3,(H,14,18)(H,15,19)(H,16,17). The van der Waals surface area contributed by atoms with Gasteiger partial charge in [-0.2, -0.15) is 0 Å². The molecular weight excluding hydrogens is 266 g/mol. The Kier molecular flexibility index (Phi) is 5.48. The summed E-state index contributed by atoms with van der Waals surface area (Å²) in [4.78, 5) is 33.1. The van der Waals surface area contributed by atoms with Gasteiger partial charge in [-0.1, -0.05) is 6.07 Å². The van der Waals surface area contributed by atoms with Crippen LogP contribution < -0.4 is 16.4 Å². The Morgan fingerprint density at radius 2 is 1.90 bits per heavy atom. The predicted molar refractivity (Wildman–Crippen MR) is 71.3 cm³/mol. The van der Waals surface area contributed by atoms with Gasteiger partial charge in [0.15, 0.2) is 0 Å². The molecule has 108 valence electrons. The number of carbonyl (C=O) groups is 3. The van der Waals surface area contributed by atoms with E-state index in [9.17, 15) is 14.4 Å². The number of nitrogens with two attached hydrogens (primary N) is 1. The molecule has 8 heteroatoms. The molecule has 0 heterocycles. The number of aliphatic carboxylic acids is 1. The maximum absolute atomic E-state index is 11.6. The molecule has 1 atom stereocenters. The van der Waals surface area contributed by atoms with Crippen LogP contribution in [0.25, 0.3) is 0 Å². The molecule has 20 heavy (non-hydrogen) atoms. The Morgan fingerprint density at radius 1 is 1.30 bits per heavy atom. The van der Waals surface area contributed by atoms with E-state index in [1.807, 2.05) is 0 Å². The van der Waals surface area contributed by atoms with E-state index in [4.69, 9.17) is 10.8 Å². The number of nitrogens with one attached hydrogen (secondary N) is 2. The number of anilines is 2. The minimum absolute atomic E-state index is 0.379. The van der Waals surface area contributed by atoms with Crippen LogP contribution in [0.3, 0.4) is 0 Å². The topological polar surface area (TPSA) is 131 Å². The smallest absolute Gasteiger partial charge is 0.411 e. The summed E-state index contributed by atoms with van der Waals surface area (Å²) in [5.74, 6) is -1.78. The van der Waals surface area contributed by atoms with E-state index in [1.54, 1.807) is 18.2 Å². The van der Waals surface area contributed by atoms with E-state index in [-0.39, 0.29) is 0 Å². The quantitative estimate of drug-likeness (QED) is 0.625. The van der Waals surface area contributed by atoms with Crippen molar-refractivity contribution >= 4 is 29.3 Å². The van der Waals surface area contributed by atoms with Crippen LogP contribution in [-0.4, -0.2) is 36.2 Å². The molecule has 0 radical (unpaired) electrons. The summed E-state index contributed by atoms with van der Waals surface area (Å²) in [6, 6.07) is 5.12. The molecule has 0 aliphatic rings. The largest absolute Gasteiger partial charge is 0.481 e. The third-order valence-corrected chi connectivity index (χ3v) is 2.29. The lowest BCUT2D eigenvalue weighted by molar-refractivity contribution is -0.138. The van der Waals surface area contributed by atoms with Gasteiger partial charge in [0, 0.05) is 11.4 Å². The summed E-state index contributed by atoms with van der Waals surface area (Å²) in [6.07, 6.45) is -1.11. The second kappa shape index (κ2) is 7.10. The molecule has 0 fully saturated rings. The van der Waals surface area contributed by atoms with Gasteiger partial charge in [0.05, 0.1) is 19.6 Å². The summed E-state index contributed by atoms with van der Waals surface area (Å²) in [5, 5.41) is 13.4. The highest BCUT2D eigenvalue weighted by Crippen LogP contribution is 2.15. The fraction of sp³-hybridized carbons (Fsp3) is 0.250. The van der Waals surface area contributed by atoms with E-state index in [2.05, 4.69) is 15.4 Å². The third-order valence-electron chi connectivity index (χ3n) is 2.29. The maximum Gasteiger partial charge on any atom is 0.411 e. The summed E-state index contributed by atoms with van der Waals surface area (Å²) < 4.78 is 4.43. The number of benzene rings is 1. The van der Waals surface area contributed by atoms with Crippen LogP contribution in [0.4, 0.5) is 16.2 Å². The van der Waals surface area contributed by atoms with Gasteiger partial charge in [0.25, 0.3) is 0 Å². The lowest BCUT2D eigenvalue weighted by atomic mass is 10.2. The summed E-state index contributed by atoms with van der Waals surface area (Å²) in [5.41, 5.74) is 6.22. The Labute approximate surface area is 114 Å². The lowest BCUT2D eigenvalue weighted by Crippen LogP contribution is -2.37. The molecule has 0 aromatic heterocycles. The zero-order valence-corrected chi connectivity index (χ0v) is 10.8. The van der Waals surface area contributed by atoms with Gasteiger partial charge in [0.1, 0.15) is 0 Å². The highest BCUT2D eigenvalue weighted by molar-refractivity contribution is 5.97. The lowest BCUT2D eigenvalue weighted by Gasteiger charge is -2.11. The van der Waals surface area contributed by atoms with E-state index < -0.39 is 30.4 Å². The molecule has 0 bridgehead atoms. The average molecular weight is 281 g/mol. The van der Waals surface area contributed by atoms with Crippen LogP contribution in [-0.2, 0) is 14.3 Å². The van der Waals surface area contributed by atoms with E-state index in [1.165, 1.54) is 13.2 Å². The highest BCUT2D eigenvalue weighted by atomic mass is 16.5. The van der Waals surface area contributed by atoms with Crippen LogP contribution in [0.5, 0.6) is 0 Å². The average Bonchev–Trinajstić information content (AvgIpc) is 2.38. The van der Waals surface area contributed by atoms with Gasteiger partial charge < -0.3 is 20.9 Å². The number of carbonyl (C=O) groups excluding carboxylic acids is 2. The van der Waals surface area contributed by atoms with Crippen molar-refractivity contribution in [2.45, 2.75) is 12.5 Å². The van der Waals surface area contributed by atoms with Gasteiger partial charge in [-0.25, -0.2) is 4.79 Å². The number of carboxylic acid groups (broad SMARTS) is 1. The Morgan fingerprint density at radius 3 is 2.45 bits per heavy atom. The van der Waals surface area contributed by atoms with Crippen molar-refractivity contribution in [2.75, 3.05) is 17.7 Å². The molecule has 8 nitrogen and oxygen atoms in total. The Hall–Kier alpha value is -2.61. The van der Waals surface area contributed by atoms with Crippen LogP contribution in [0.2, 0.25) is 0 Å². The van der Waals surface area contributed by atoms with Gasteiger partial charge >= 0.3 is 12.1 Å². The molecule has 1 unspecified atom stereocenters. The first-order valence-corrected chi connectivity index (χ1v) is 5.65. The molecule has 1 rings (SSSR count). The molecule has 0 saturated carbocycles. The van der Waals surface area contributed by atoms with E-state index in [0.29, 0.717) is 11.4 Å². The van der Waals surface area contributed by atoms with Gasteiger partial charge in [0.2, 0.25) is 5.91 Å². The molecule has 0 aliphatic carbocycles. The molecule has 0 spiro atoms. The number of ether oxygens (including phenoxy) is 1. The van der Waals surface area contributed by atoms with Crippen LogP contribution in [0.1, 0.15) is 6.42 Å². The zero-order valence-electron chi connectivity index (χ0n) is 10.8. The normalized spacial score (nSPS) is 11.3. The minimum Gasteiger partial charge on any atom is -0.481 e. The number of amides is 2. The van der Waals surface area contributed by atoms with E-state index >= 15 is 0 Å². The molecule has 2 amide bonds. The van der Waals surface area contributed by atoms with Gasteiger partial charge in [-0.15, -0.1) is 0 Å². The monoisotopic (exact) mass is 281 g/mol. The molecule has 5 N–H and O–H groups in total. The summed E-state index contributed by atoms with van der Waals surface area (Å²) in [7, 11) is 1.23. The number of methoxy groups -OCH3 is 1. The first-order chi connectivity index (χ1) is 9.42. The maximum atomic E-state index is 11.6. The molecule has 0 aliphatic heterocycles. The number of rotatable bonds is 5. The van der Waals surface area contributed by atoms with Crippen molar-refractivity contribution in [1.82, 2.24) is 0 Å². The van der Waals surface area contributed by atoms with Gasteiger partial charge in [-0.3, -0.25) is 14.9 Å². The number of hydrogen-bond donors (Lipinski definition) is 4. The summed E-state index contributed by atoms with van der Waals surface area (Å²) >= 11 is 0. The Balaban J connectivity index is 2.68. The van der Waals surface area contributed by atoms with Crippen molar-refractivity contribution in [3.05, 3.63) is 24.3 Å². The van der Waals surface area contributed by atoms with E-state index in [0.717, 1.165) is 0 Å². The molecule has 1 aromatic rings. The number of carboxylic acids is 1. The Bertz CT molecular complexity index is 518. The molecular formula is C12H15N3O5. The fourth-order valence-electron chi connectivity index (χ4n) is 1.36. The van der Waals surface area contributed by atoms with Gasteiger partial charge in [-0.05, 0) is 18.2 Å². The first kappa shape index (κ1) is 15.4. The third kappa shape index (κ3) is 4.94. The predicted octanol–water partition coefficient (Wildman–Crippen LogP) is 0.605. The van der Waals surface area contributed by atoms with Crippen molar-refractivity contribution in [2.24, 2.45) is 5.73 Å². The highest BCUT2D eigenvalue weighted by Gasteiger charge is 2.17. The zero-order chi connectivity index (χ0) is 15.1. The van der Waals surface area contributed by atoms with Crippen LogP contribution in [0.15, 0.2) is 24.3 Å². The second-order valence-corrected chi connectivity index (χ2v) is 3.89. The minimum atomic E-state index is -1.16. The van der Waals surface area contributed by atoms with Crippen LogP contribution in [0, 0.1) is 0 Å². The SMILES string of the molecule is COC(=O)Nc1cccc(NC(=O)C(N)CC(=O)O)c1. The van der Waals surface area contributed by atoms with Crippen molar-refractivity contribution < 1.29 is 24.2 Å². The molecule has 1 aromatic carbocycles. The second-order valence-electron chi connectivity index (χ2n) is 3.89. The molecule has 0 saturated heterocycles. The fourth-order valence-corrected chi connectivity index (χ4v) is 1.36.